The van der Waals surface area contributed by atoms with E-state index in [4.69, 9.17) is 5.11 Å². The number of hydrogen-bond acceptors (Lipinski definition) is 3. The van der Waals surface area contributed by atoms with Gasteiger partial charge in [-0.2, -0.15) is 0 Å². The molecule has 3 N–H and O–H groups in total. The van der Waals surface area contributed by atoms with Crippen molar-refractivity contribution in [3.8, 4) is 0 Å². The molecule has 5 nitrogen and oxygen atoms in total. The van der Waals surface area contributed by atoms with E-state index in [1.54, 1.807) is 6.92 Å². The lowest BCUT2D eigenvalue weighted by atomic mass is 10.2. The van der Waals surface area contributed by atoms with Gasteiger partial charge in [0.15, 0.2) is 0 Å². The van der Waals surface area contributed by atoms with Crippen molar-refractivity contribution in [3.05, 3.63) is 0 Å². The molecule has 15 heavy (non-hydrogen) atoms. The van der Waals surface area contributed by atoms with Gasteiger partial charge in [-0.1, -0.05) is 13.8 Å². The molecule has 0 bridgehead atoms. The minimum atomic E-state index is -0.898. The third-order valence-corrected chi connectivity index (χ3v) is 2.25. The van der Waals surface area contributed by atoms with Gasteiger partial charge in [-0.05, 0) is 13.3 Å². The summed E-state index contributed by atoms with van der Waals surface area (Å²) in [5, 5.41) is 14.2. The molecule has 88 valence electrons. The summed E-state index contributed by atoms with van der Waals surface area (Å²) in [7, 11) is 0. The second-order valence-electron chi connectivity index (χ2n) is 3.73. The van der Waals surface area contributed by atoms with E-state index in [0.29, 0.717) is 6.04 Å². The van der Waals surface area contributed by atoms with E-state index in [1.165, 1.54) is 0 Å². The van der Waals surface area contributed by atoms with Crippen molar-refractivity contribution in [2.24, 2.45) is 5.92 Å². The molecule has 0 aliphatic rings. The van der Waals surface area contributed by atoms with Gasteiger partial charge < -0.3 is 15.7 Å². The summed E-state index contributed by atoms with van der Waals surface area (Å²) in [6.07, 6.45) is 0.957. The quantitative estimate of drug-likeness (QED) is 0.568. The fourth-order valence-corrected chi connectivity index (χ4v) is 0.828. The van der Waals surface area contributed by atoms with Crippen molar-refractivity contribution in [1.29, 1.82) is 0 Å². The van der Waals surface area contributed by atoms with Gasteiger partial charge in [-0.3, -0.25) is 9.59 Å². The number of aliphatic carboxylic acids is 1. The van der Waals surface area contributed by atoms with Gasteiger partial charge in [0, 0.05) is 12.6 Å². The molecular weight excluding hydrogens is 196 g/mol. The molecule has 0 spiro atoms. The van der Waals surface area contributed by atoms with Crippen LogP contribution in [0.4, 0.5) is 0 Å². The monoisotopic (exact) mass is 216 g/mol. The summed E-state index contributed by atoms with van der Waals surface area (Å²) in [4.78, 5) is 21.7. The highest BCUT2D eigenvalue weighted by Gasteiger charge is 2.12. The Labute approximate surface area is 90.2 Å². The second-order valence-corrected chi connectivity index (χ2v) is 3.73. The Balaban J connectivity index is 3.62. The molecule has 1 amide bonds. The fourth-order valence-electron chi connectivity index (χ4n) is 0.828. The average molecular weight is 216 g/mol. The first kappa shape index (κ1) is 13.9. The predicted octanol–water partition coefficient (Wildman–Crippen LogP) is 0.211. The lowest BCUT2D eigenvalue weighted by Crippen LogP contribution is -2.40. The van der Waals surface area contributed by atoms with Crippen molar-refractivity contribution < 1.29 is 14.7 Å². The fraction of sp³-hybridized carbons (Fsp3) is 0.800. The third-order valence-electron chi connectivity index (χ3n) is 2.25. The minimum absolute atomic E-state index is 0.164. The molecule has 0 fully saturated rings. The lowest BCUT2D eigenvalue weighted by Gasteiger charge is -2.12. The van der Waals surface area contributed by atoms with Crippen molar-refractivity contribution >= 4 is 11.9 Å². The Kier molecular flexibility index (Phi) is 6.70. The highest BCUT2D eigenvalue weighted by molar-refractivity contribution is 5.79. The van der Waals surface area contributed by atoms with Gasteiger partial charge in [0.1, 0.15) is 0 Å². The zero-order valence-corrected chi connectivity index (χ0v) is 9.54. The van der Waals surface area contributed by atoms with Crippen molar-refractivity contribution in [3.63, 3.8) is 0 Å². The molecule has 0 radical (unpaired) electrons. The van der Waals surface area contributed by atoms with Crippen LogP contribution in [0.15, 0.2) is 0 Å². The maximum absolute atomic E-state index is 11.2. The van der Waals surface area contributed by atoms with Gasteiger partial charge in [-0.25, -0.2) is 0 Å². The van der Waals surface area contributed by atoms with Crippen LogP contribution in [0.1, 0.15) is 27.2 Å². The molecule has 0 aromatic carbocycles. The summed E-state index contributed by atoms with van der Waals surface area (Å²) in [6.45, 7) is 6.00. The number of nitrogens with one attached hydrogen (secondary N) is 2. The van der Waals surface area contributed by atoms with Crippen molar-refractivity contribution in [1.82, 2.24) is 10.6 Å². The van der Waals surface area contributed by atoms with Crippen LogP contribution in [0.25, 0.3) is 0 Å². The molecule has 0 aliphatic heterocycles. The Morgan fingerprint density at radius 3 is 2.40 bits per heavy atom. The first-order valence-electron chi connectivity index (χ1n) is 5.20. The highest BCUT2D eigenvalue weighted by Crippen LogP contribution is 1.91. The molecular formula is C10H20N2O3. The number of hydrogen-bond donors (Lipinski definition) is 3. The number of carbonyl (C=O) groups is 2. The first-order chi connectivity index (χ1) is 6.97. The molecule has 0 saturated carbocycles. The van der Waals surface area contributed by atoms with Crippen molar-refractivity contribution in [2.75, 3.05) is 13.1 Å². The lowest BCUT2D eigenvalue weighted by molar-refractivity contribution is -0.141. The van der Waals surface area contributed by atoms with E-state index in [0.717, 1.165) is 6.42 Å². The second kappa shape index (κ2) is 7.23. The molecule has 0 heterocycles. The summed E-state index contributed by atoms with van der Waals surface area (Å²) in [5.74, 6) is -1.61. The highest BCUT2D eigenvalue weighted by atomic mass is 16.4. The van der Waals surface area contributed by atoms with Crippen LogP contribution in [-0.4, -0.2) is 36.1 Å². The molecule has 0 saturated heterocycles. The summed E-state index contributed by atoms with van der Waals surface area (Å²) in [6, 6.07) is 0.299. The summed E-state index contributed by atoms with van der Waals surface area (Å²) in [5.41, 5.74) is 0. The van der Waals surface area contributed by atoms with Gasteiger partial charge >= 0.3 is 5.97 Å². The van der Waals surface area contributed by atoms with Crippen LogP contribution in [0, 0.1) is 5.92 Å². The van der Waals surface area contributed by atoms with E-state index >= 15 is 0 Å². The maximum atomic E-state index is 11.2. The predicted molar refractivity (Wildman–Crippen MR) is 57.6 cm³/mol. The number of carbonyl (C=O) groups excluding carboxylic acids is 1. The van der Waals surface area contributed by atoms with Crippen LogP contribution in [0.2, 0.25) is 0 Å². The van der Waals surface area contributed by atoms with Crippen LogP contribution < -0.4 is 10.6 Å². The zero-order chi connectivity index (χ0) is 11.8. The van der Waals surface area contributed by atoms with E-state index < -0.39 is 11.9 Å². The molecule has 0 rings (SSSR count). The Bertz CT molecular complexity index is 219. The van der Waals surface area contributed by atoms with Crippen LogP contribution >= 0.6 is 0 Å². The molecule has 0 aromatic rings. The SMILES string of the molecule is CCC(C)NCC(=O)NCC(C)C(=O)O. The van der Waals surface area contributed by atoms with Crippen LogP contribution in [-0.2, 0) is 9.59 Å². The average Bonchev–Trinajstić information content (AvgIpc) is 2.21. The molecule has 0 aromatic heterocycles. The van der Waals surface area contributed by atoms with Gasteiger partial charge in [-0.15, -0.1) is 0 Å². The van der Waals surface area contributed by atoms with Gasteiger partial charge in [0.2, 0.25) is 5.91 Å². The Morgan fingerprint density at radius 1 is 1.33 bits per heavy atom. The largest absolute Gasteiger partial charge is 0.481 e. The molecule has 5 heteroatoms. The number of amides is 1. The Hall–Kier alpha value is -1.10. The molecule has 2 unspecified atom stereocenters. The normalized spacial score (nSPS) is 14.3. The third kappa shape index (κ3) is 6.90. The minimum Gasteiger partial charge on any atom is -0.481 e. The van der Waals surface area contributed by atoms with Crippen LogP contribution in [0.3, 0.4) is 0 Å². The zero-order valence-electron chi connectivity index (χ0n) is 9.54. The van der Waals surface area contributed by atoms with Gasteiger partial charge in [0.25, 0.3) is 0 Å². The maximum Gasteiger partial charge on any atom is 0.308 e. The number of carboxylic acid groups (broad SMARTS) is 1. The van der Waals surface area contributed by atoms with E-state index in [-0.39, 0.29) is 19.0 Å². The Morgan fingerprint density at radius 2 is 1.93 bits per heavy atom. The van der Waals surface area contributed by atoms with Gasteiger partial charge in [0.05, 0.1) is 12.5 Å². The number of rotatable bonds is 7. The van der Waals surface area contributed by atoms with E-state index in [2.05, 4.69) is 10.6 Å². The standard InChI is InChI=1S/C10H20N2O3/c1-4-8(3)11-6-9(13)12-5-7(2)10(14)15/h7-8,11H,4-6H2,1-3H3,(H,12,13)(H,14,15). The molecule has 0 aliphatic carbocycles. The van der Waals surface area contributed by atoms with Crippen LogP contribution in [0.5, 0.6) is 0 Å². The summed E-state index contributed by atoms with van der Waals surface area (Å²) >= 11 is 0. The van der Waals surface area contributed by atoms with Crippen molar-refractivity contribution in [2.45, 2.75) is 33.2 Å². The van der Waals surface area contributed by atoms with E-state index in [9.17, 15) is 9.59 Å². The smallest absolute Gasteiger partial charge is 0.308 e. The first-order valence-corrected chi connectivity index (χ1v) is 5.20. The topological polar surface area (TPSA) is 78.4 Å². The molecule has 2 atom stereocenters. The number of carboxylic acids is 1. The summed E-state index contributed by atoms with van der Waals surface area (Å²) < 4.78 is 0. The van der Waals surface area contributed by atoms with E-state index in [1.807, 2.05) is 13.8 Å².